The minimum atomic E-state index is -0.457. The first-order valence-electron chi connectivity index (χ1n) is 14.2. The minimum absolute atomic E-state index is 0.00522. The molecule has 0 atom stereocenters. The van der Waals surface area contributed by atoms with Gasteiger partial charge in [0.2, 0.25) is 0 Å². The van der Waals surface area contributed by atoms with Crippen LogP contribution in [-0.2, 0) is 0 Å². The summed E-state index contributed by atoms with van der Waals surface area (Å²) in [5.41, 5.74) is 0.476. The molecule has 0 aromatic heterocycles. The van der Waals surface area contributed by atoms with Gasteiger partial charge in [-0.25, -0.2) is 0 Å². The van der Waals surface area contributed by atoms with Crippen LogP contribution in [0.25, 0.3) is 0 Å². The summed E-state index contributed by atoms with van der Waals surface area (Å²) in [6.07, 6.45) is 27.2. The van der Waals surface area contributed by atoms with E-state index in [1.54, 1.807) is 0 Å². The molecule has 0 unspecified atom stereocenters. The van der Waals surface area contributed by atoms with E-state index in [1.165, 1.54) is 140 Å². The van der Waals surface area contributed by atoms with Crippen molar-refractivity contribution in [3.8, 4) is 0 Å². The quantitative estimate of drug-likeness (QED) is 0.0976. The van der Waals surface area contributed by atoms with Crippen LogP contribution in [-0.4, -0.2) is 17.4 Å². The number of non-ortho nitro benzene ring substituents is 1. The number of hydrogen-bond donors (Lipinski definition) is 1. The zero-order valence-electron chi connectivity index (χ0n) is 21.8. The molecule has 0 saturated carbocycles. The molecule has 0 aliphatic heterocycles. The van der Waals surface area contributed by atoms with Gasteiger partial charge in [0.25, 0.3) is 11.6 Å². The van der Waals surface area contributed by atoms with Crippen LogP contribution in [0.2, 0.25) is 0 Å². The highest BCUT2D eigenvalue weighted by atomic mass is 16.6. The lowest BCUT2D eigenvalue weighted by Crippen LogP contribution is -2.24. The second kappa shape index (κ2) is 21.6. The second-order valence-corrected chi connectivity index (χ2v) is 9.78. The molecule has 1 N–H and O–H groups in total. The Kier molecular flexibility index (Phi) is 19.1. The molecular formula is C29H50N2O3. The Bertz CT molecular complexity index is 631. The second-order valence-electron chi connectivity index (χ2n) is 9.78. The van der Waals surface area contributed by atoms with Gasteiger partial charge in [-0.05, 0) is 18.6 Å². The maximum absolute atomic E-state index is 12.0. The van der Waals surface area contributed by atoms with Gasteiger partial charge in [-0.15, -0.1) is 0 Å². The van der Waals surface area contributed by atoms with Gasteiger partial charge in [0.05, 0.1) is 4.92 Å². The molecule has 0 aliphatic carbocycles. The first-order valence-corrected chi connectivity index (χ1v) is 14.2. The summed E-state index contributed by atoms with van der Waals surface area (Å²) in [5.74, 6) is -0.160. The Balaban J connectivity index is 1.78. The van der Waals surface area contributed by atoms with Crippen LogP contribution >= 0.6 is 0 Å². The van der Waals surface area contributed by atoms with Gasteiger partial charge in [0.15, 0.2) is 0 Å². The van der Waals surface area contributed by atoms with E-state index in [-0.39, 0.29) is 11.6 Å². The highest BCUT2D eigenvalue weighted by Crippen LogP contribution is 2.15. The fourth-order valence-corrected chi connectivity index (χ4v) is 4.42. The summed E-state index contributed by atoms with van der Waals surface area (Å²) < 4.78 is 0. The highest BCUT2D eigenvalue weighted by molar-refractivity contribution is 5.94. The number of rotatable bonds is 23. The third-order valence-corrected chi connectivity index (χ3v) is 6.66. The SMILES string of the molecule is CCCCCCCCCCCCCCCCCCCCCCNC(=O)c1ccc([N+](=O)[O-])cc1. The summed E-state index contributed by atoms with van der Waals surface area (Å²) in [7, 11) is 0. The van der Waals surface area contributed by atoms with Crippen LogP contribution < -0.4 is 5.32 Å². The largest absolute Gasteiger partial charge is 0.352 e. The van der Waals surface area contributed by atoms with E-state index in [1.807, 2.05) is 0 Å². The standard InChI is InChI=1S/C29H50N2O3/c1-2-3-4-5-6-7-8-9-10-11-12-13-14-15-16-17-18-19-20-21-26-30-29(32)27-22-24-28(25-23-27)31(33)34/h22-25H,2-21,26H2,1H3,(H,30,32). The zero-order chi connectivity index (χ0) is 24.7. The van der Waals surface area contributed by atoms with Crippen LogP contribution in [0.4, 0.5) is 5.69 Å². The molecule has 34 heavy (non-hydrogen) atoms. The van der Waals surface area contributed by atoms with Crippen molar-refractivity contribution in [3.63, 3.8) is 0 Å². The van der Waals surface area contributed by atoms with Gasteiger partial charge < -0.3 is 5.32 Å². The van der Waals surface area contributed by atoms with Crippen molar-refractivity contribution in [2.75, 3.05) is 6.54 Å². The number of unbranched alkanes of at least 4 members (excludes halogenated alkanes) is 19. The lowest BCUT2D eigenvalue weighted by molar-refractivity contribution is -0.384. The molecule has 1 rings (SSSR count). The highest BCUT2D eigenvalue weighted by Gasteiger charge is 2.08. The van der Waals surface area contributed by atoms with Crippen molar-refractivity contribution >= 4 is 11.6 Å². The number of amides is 1. The van der Waals surface area contributed by atoms with E-state index >= 15 is 0 Å². The fraction of sp³-hybridized carbons (Fsp3) is 0.759. The molecule has 5 heteroatoms. The Morgan fingerprint density at radius 1 is 0.647 bits per heavy atom. The number of hydrogen-bond acceptors (Lipinski definition) is 3. The first-order chi connectivity index (χ1) is 16.6. The Morgan fingerprint density at radius 2 is 1.00 bits per heavy atom. The molecule has 0 fully saturated rings. The molecule has 0 heterocycles. The van der Waals surface area contributed by atoms with Crippen molar-refractivity contribution in [1.29, 1.82) is 0 Å². The van der Waals surface area contributed by atoms with Gasteiger partial charge in [-0.3, -0.25) is 14.9 Å². The first kappa shape index (κ1) is 30.1. The number of nitro groups is 1. The maximum Gasteiger partial charge on any atom is 0.269 e. The molecule has 5 nitrogen and oxygen atoms in total. The van der Waals surface area contributed by atoms with Crippen LogP contribution in [0.1, 0.15) is 146 Å². The number of nitro benzene ring substituents is 1. The number of carbonyl (C=O) groups excluding carboxylic acids is 1. The molecule has 1 aromatic rings. The summed E-state index contributed by atoms with van der Waals surface area (Å²) >= 11 is 0. The number of nitrogens with one attached hydrogen (secondary N) is 1. The lowest BCUT2D eigenvalue weighted by Gasteiger charge is -2.06. The van der Waals surface area contributed by atoms with Crippen LogP contribution in [0, 0.1) is 10.1 Å². The Morgan fingerprint density at radius 3 is 1.35 bits per heavy atom. The maximum atomic E-state index is 12.0. The number of carbonyl (C=O) groups is 1. The van der Waals surface area contributed by atoms with Crippen LogP contribution in [0.5, 0.6) is 0 Å². The summed E-state index contributed by atoms with van der Waals surface area (Å²) in [6.45, 7) is 2.94. The Labute approximate surface area is 208 Å². The van der Waals surface area contributed by atoms with E-state index < -0.39 is 4.92 Å². The predicted octanol–water partition coefficient (Wildman–Crippen LogP) is 9.15. The average molecular weight is 475 g/mol. The van der Waals surface area contributed by atoms with Gasteiger partial charge >= 0.3 is 0 Å². The molecule has 1 amide bonds. The average Bonchev–Trinajstić information content (AvgIpc) is 2.85. The number of benzene rings is 1. The summed E-state index contributed by atoms with van der Waals surface area (Å²) in [5, 5.41) is 13.6. The van der Waals surface area contributed by atoms with Crippen molar-refractivity contribution in [1.82, 2.24) is 5.32 Å². The van der Waals surface area contributed by atoms with E-state index in [2.05, 4.69) is 12.2 Å². The summed E-state index contributed by atoms with van der Waals surface area (Å²) in [4.78, 5) is 22.2. The van der Waals surface area contributed by atoms with Crippen molar-refractivity contribution < 1.29 is 9.72 Å². The van der Waals surface area contributed by atoms with E-state index in [0.29, 0.717) is 12.1 Å². The van der Waals surface area contributed by atoms with E-state index in [4.69, 9.17) is 0 Å². The monoisotopic (exact) mass is 474 g/mol. The molecule has 194 valence electrons. The van der Waals surface area contributed by atoms with E-state index in [9.17, 15) is 14.9 Å². The Hall–Kier alpha value is -1.91. The smallest absolute Gasteiger partial charge is 0.269 e. The van der Waals surface area contributed by atoms with Gasteiger partial charge in [-0.2, -0.15) is 0 Å². The van der Waals surface area contributed by atoms with Crippen molar-refractivity contribution in [2.45, 2.75) is 135 Å². The molecule has 0 saturated heterocycles. The van der Waals surface area contributed by atoms with Crippen LogP contribution in [0.15, 0.2) is 24.3 Å². The third-order valence-electron chi connectivity index (χ3n) is 6.66. The lowest BCUT2D eigenvalue weighted by atomic mass is 10.0. The predicted molar refractivity (Wildman–Crippen MR) is 143 cm³/mol. The van der Waals surface area contributed by atoms with Crippen LogP contribution in [0.3, 0.4) is 0 Å². The van der Waals surface area contributed by atoms with E-state index in [0.717, 1.165) is 12.8 Å². The zero-order valence-corrected chi connectivity index (χ0v) is 21.8. The minimum Gasteiger partial charge on any atom is -0.352 e. The summed E-state index contributed by atoms with van der Waals surface area (Å²) in [6, 6.07) is 5.75. The van der Waals surface area contributed by atoms with Gasteiger partial charge in [0.1, 0.15) is 0 Å². The molecular weight excluding hydrogens is 424 g/mol. The van der Waals surface area contributed by atoms with Gasteiger partial charge in [-0.1, -0.05) is 129 Å². The van der Waals surface area contributed by atoms with Crippen molar-refractivity contribution in [3.05, 3.63) is 39.9 Å². The molecule has 0 radical (unpaired) electrons. The fourth-order valence-electron chi connectivity index (χ4n) is 4.42. The molecule has 1 aromatic carbocycles. The van der Waals surface area contributed by atoms with Crippen molar-refractivity contribution in [2.24, 2.45) is 0 Å². The molecule has 0 aliphatic rings. The number of nitrogens with zero attached hydrogens (tertiary/aromatic N) is 1. The normalized spacial score (nSPS) is 11.0. The van der Waals surface area contributed by atoms with Gasteiger partial charge in [0, 0.05) is 24.2 Å². The molecule has 0 spiro atoms. The molecule has 0 bridgehead atoms. The third kappa shape index (κ3) is 16.7. The topological polar surface area (TPSA) is 72.2 Å².